The zero-order valence-electron chi connectivity index (χ0n) is 24.4. The maximum Gasteiger partial charge on any atom is 0.0453 e. The highest BCUT2D eigenvalue weighted by Gasteiger charge is 2.26. The molecule has 1 aliphatic heterocycles. The Morgan fingerprint density at radius 1 is 0.523 bits per heavy atom. The van der Waals surface area contributed by atoms with Gasteiger partial charge in [0.2, 0.25) is 0 Å². The Balaban J connectivity index is 1.39. The van der Waals surface area contributed by atoms with Crippen LogP contribution >= 0.6 is 0 Å². The Morgan fingerprint density at radius 2 is 1.05 bits per heavy atom. The van der Waals surface area contributed by atoms with Gasteiger partial charge >= 0.3 is 0 Å². The van der Waals surface area contributed by atoms with E-state index in [0.717, 1.165) is 23.2 Å². The van der Waals surface area contributed by atoms with Crippen LogP contribution in [0.25, 0.3) is 71.7 Å². The van der Waals surface area contributed by atoms with Gasteiger partial charge in [0.25, 0.3) is 0 Å². The third-order valence-corrected chi connectivity index (χ3v) is 8.85. The molecule has 0 spiro atoms. The molecule has 2 nitrogen and oxygen atoms in total. The van der Waals surface area contributed by atoms with Crippen LogP contribution in [-0.2, 0) is 0 Å². The summed E-state index contributed by atoms with van der Waals surface area (Å²) in [7, 11) is 0. The molecule has 0 aromatic heterocycles. The van der Waals surface area contributed by atoms with Crippen LogP contribution in [0.3, 0.4) is 0 Å². The standard InChI is InChI=1S/C42H32N2/c1-27(43)30-13-6-14-31(21-30)32-19-20-40(42-26-44-42)41(25-32)35-23-33(38-17-7-11-28-9-2-4-15-36(28)38)22-34(24-35)39-18-8-12-29-10-3-5-16-37(29)39/h2-25,42,44H,1,26,43H2. The van der Waals surface area contributed by atoms with E-state index in [2.05, 4.69) is 151 Å². The van der Waals surface area contributed by atoms with Crippen molar-refractivity contribution in [2.24, 2.45) is 5.73 Å². The number of hydrogen-bond donors (Lipinski definition) is 2. The van der Waals surface area contributed by atoms with Crippen molar-refractivity contribution in [3.63, 3.8) is 0 Å². The lowest BCUT2D eigenvalue weighted by Gasteiger charge is -2.17. The van der Waals surface area contributed by atoms with E-state index in [1.54, 1.807) is 0 Å². The summed E-state index contributed by atoms with van der Waals surface area (Å²) in [6.45, 7) is 4.95. The minimum absolute atomic E-state index is 0.358. The highest BCUT2D eigenvalue weighted by atomic mass is 15.1. The first-order valence-corrected chi connectivity index (χ1v) is 15.2. The quantitative estimate of drug-likeness (QED) is 0.197. The summed E-state index contributed by atoms with van der Waals surface area (Å²) >= 11 is 0. The van der Waals surface area contributed by atoms with Crippen LogP contribution in [0, 0.1) is 0 Å². The van der Waals surface area contributed by atoms with Gasteiger partial charge in [-0.1, -0.05) is 122 Å². The van der Waals surface area contributed by atoms with Gasteiger partial charge in [-0.3, -0.25) is 0 Å². The highest BCUT2D eigenvalue weighted by molar-refractivity contribution is 6.01. The van der Waals surface area contributed by atoms with Gasteiger partial charge < -0.3 is 11.1 Å². The highest BCUT2D eigenvalue weighted by Crippen LogP contribution is 2.42. The summed E-state index contributed by atoms with van der Waals surface area (Å²) in [4.78, 5) is 0. The Bertz CT molecular complexity index is 2110. The Hall–Kier alpha value is -5.44. The van der Waals surface area contributed by atoms with Crippen molar-refractivity contribution in [3.8, 4) is 44.5 Å². The Kier molecular flexibility index (Phi) is 6.36. The lowest BCUT2D eigenvalue weighted by molar-refractivity contribution is 1.08. The molecule has 3 N–H and O–H groups in total. The monoisotopic (exact) mass is 564 g/mol. The molecular weight excluding hydrogens is 532 g/mol. The second kappa shape index (κ2) is 10.7. The molecule has 7 aromatic rings. The number of nitrogens with one attached hydrogen (secondary N) is 1. The van der Waals surface area contributed by atoms with E-state index >= 15 is 0 Å². The van der Waals surface area contributed by atoms with Crippen molar-refractivity contribution >= 4 is 27.2 Å². The van der Waals surface area contributed by atoms with Gasteiger partial charge in [-0.2, -0.15) is 0 Å². The summed E-state index contributed by atoms with van der Waals surface area (Å²) in [5.74, 6) is 0. The smallest absolute Gasteiger partial charge is 0.0453 e. The van der Waals surface area contributed by atoms with E-state index in [4.69, 9.17) is 5.73 Å². The molecule has 44 heavy (non-hydrogen) atoms. The van der Waals surface area contributed by atoms with E-state index in [9.17, 15) is 0 Å². The fourth-order valence-electron chi connectivity index (χ4n) is 6.52. The van der Waals surface area contributed by atoms with Gasteiger partial charge in [0.1, 0.15) is 0 Å². The Morgan fingerprint density at radius 3 is 1.64 bits per heavy atom. The number of rotatable bonds is 6. The second-order valence-corrected chi connectivity index (χ2v) is 11.7. The predicted octanol–water partition coefficient (Wildman–Crippen LogP) is 10.2. The van der Waals surface area contributed by atoms with Crippen LogP contribution in [0.15, 0.2) is 152 Å². The molecule has 0 radical (unpaired) electrons. The maximum atomic E-state index is 6.07. The van der Waals surface area contributed by atoms with Crippen LogP contribution in [0.4, 0.5) is 0 Å². The SMILES string of the molecule is C=C(N)c1cccc(-c2ccc(C3CN3)c(-c3cc(-c4cccc5ccccc45)cc(-c4cccc5ccccc45)c3)c2)c1. The lowest BCUT2D eigenvalue weighted by atomic mass is 9.87. The lowest BCUT2D eigenvalue weighted by Crippen LogP contribution is -1.95. The zero-order chi connectivity index (χ0) is 29.6. The fourth-order valence-corrected chi connectivity index (χ4v) is 6.52. The van der Waals surface area contributed by atoms with Gasteiger partial charge in [0.05, 0.1) is 0 Å². The van der Waals surface area contributed by atoms with Gasteiger partial charge in [0.15, 0.2) is 0 Å². The van der Waals surface area contributed by atoms with Crippen LogP contribution in [0.5, 0.6) is 0 Å². The van der Waals surface area contributed by atoms with Gasteiger partial charge in [0, 0.05) is 18.3 Å². The summed E-state index contributed by atoms with van der Waals surface area (Å²) in [5, 5.41) is 8.56. The number of hydrogen-bond acceptors (Lipinski definition) is 2. The molecule has 210 valence electrons. The first kappa shape index (κ1) is 26.2. The zero-order valence-corrected chi connectivity index (χ0v) is 24.4. The topological polar surface area (TPSA) is 48.0 Å². The van der Waals surface area contributed by atoms with Crippen LogP contribution in [0.1, 0.15) is 17.2 Å². The van der Waals surface area contributed by atoms with Crippen LogP contribution in [-0.4, -0.2) is 6.54 Å². The molecule has 0 amide bonds. The van der Waals surface area contributed by atoms with Crippen LogP contribution in [0.2, 0.25) is 0 Å². The van der Waals surface area contributed by atoms with E-state index in [1.807, 2.05) is 6.07 Å². The Labute approximate surface area is 258 Å². The maximum absolute atomic E-state index is 6.07. The number of fused-ring (bicyclic) bond motifs is 2. The molecule has 1 atom stereocenters. The minimum atomic E-state index is 0.358. The second-order valence-electron chi connectivity index (χ2n) is 11.7. The number of benzene rings is 7. The van der Waals surface area contributed by atoms with Crippen molar-refractivity contribution < 1.29 is 0 Å². The first-order valence-electron chi connectivity index (χ1n) is 15.2. The molecule has 1 heterocycles. The third-order valence-electron chi connectivity index (χ3n) is 8.85. The minimum Gasteiger partial charge on any atom is -0.399 e. The molecule has 2 heteroatoms. The normalized spacial score (nSPS) is 14.1. The first-order chi connectivity index (χ1) is 21.6. The molecule has 0 saturated carbocycles. The molecule has 1 fully saturated rings. The fraction of sp³-hybridized carbons (Fsp3) is 0.0476. The van der Waals surface area contributed by atoms with Gasteiger partial charge in [-0.15, -0.1) is 0 Å². The molecule has 1 unspecified atom stereocenters. The van der Waals surface area contributed by atoms with Crippen LogP contribution < -0.4 is 11.1 Å². The van der Waals surface area contributed by atoms with Crippen molar-refractivity contribution in [1.82, 2.24) is 5.32 Å². The molecule has 7 aromatic carbocycles. The van der Waals surface area contributed by atoms with E-state index < -0.39 is 0 Å². The van der Waals surface area contributed by atoms with E-state index in [1.165, 1.54) is 60.5 Å². The van der Waals surface area contributed by atoms with Crippen molar-refractivity contribution in [2.75, 3.05) is 6.54 Å². The van der Waals surface area contributed by atoms with E-state index in [-0.39, 0.29) is 0 Å². The van der Waals surface area contributed by atoms with Gasteiger partial charge in [-0.25, -0.2) is 0 Å². The van der Waals surface area contributed by atoms with Crippen molar-refractivity contribution in [1.29, 1.82) is 0 Å². The van der Waals surface area contributed by atoms with Crippen molar-refractivity contribution in [3.05, 3.63) is 163 Å². The molecule has 0 aliphatic carbocycles. The average molecular weight is 565 g/mol. The third kappa shape index (κ3) is 4.76. The molecular formula is C42H32N2. The predicted molar refractivity (Wildman–Crippen MR) is 187 cm³/mol. The largest absolute Gasteiger partial charge is 0.399 e. The molecule has 1 aliphatic rings. The van der Waals surface area contributed by atoms with E-state index in [0.29, 0.717) is 11.7 Å². The van der Waals surface area contributed by atoms with Crippen molar-refractivity contribution in [2.45, 2.75) is 6.04 Å². The summed E-state index contributed by atoms with van der Waals surface area (Å²) in [6, 6.07) is 53.2. The van der Waals surface area contributed by atoms with Gasteiger partial charge in [-0.05, 0) is 108 Å². The summed E-state index contributed by atoms with van der Waals surface area (Å²) in [6.07, 6.45) is 0. The average Bonchev–Trinajstić information content (AvgIpc) is 3.93. The molecule has 1 saturated heterocycles. The molecule has 8 rings (SSSR count). The number of nitrogens with two attached hydrogens (primary N) is 1. The molecule has 0 bridgehead atoms. The summed E-state index contributed by atoms with van der Waals surface area (Å²) < 4.78 is 0. The summed E-state index contributed by atoms with van der Waals surface area (Å²) in [5.41, 5.74) is 18.6.